The van der Waals surface area contributed by atoms with Crippen molar-refractivity contribution in [2.24, 2.45) is 5.92 Å². The molecule has 4 N–H and O–H groups in total. The number of nitrogens with zero attached hydrogens (tertiary/aromatic N) is 2. The van der Waals surface area contributed by atoms with Crippen molar-refractivity contribution < 1.29 is 14.6 Å². The second-order valence-electron chi connectivity index (χ2n) is 8.35. The molecule has 0 saturated heterocycles. The molecule has 0 aliphatic heterocycles. The Morgan fingerprint density at radius 3 is 2.90 bits per heavy atom. The molecule has 0 bridgehead atoms. The first-order valence-corrected chi connectivity index (χ1v) is 11.4. The van der Waals surface area contributed by atoms with Crippen LogP contribution in [0, 0.1) is 5.92 Å². The predicted octanol–water partition coefficient (Wildman–Crippen LogP) is 4.62. The Kier molecular flexibility index (Phi) is 8.70. The number of H-pyrrole nitrogens is 1. The lowest BCUT2D eigenvalue weighted by Crippen LogP contribution is -2.29. The molecular formula is C23H35N5O3. The van der Waals surface area contributed by atoms with Gasteiger partial charge in [0.1, 0.15) is 6.10 Å². The molecule has 3 rings (SSSR count). The largest absolute Gasteiger partial charge is 0.446 e. The van der Waals surface area contributed by atoms with E-state index in [2.05, 4.69) is 39.7 Å². The average molecular weight is 430 g/mol. The zero-order valence-corrected chi connectivity index (χ0v) is 18.6. The molecule has 1 fully saturated rings. The number of hydrogen-bond donors (Lipinski definition) is 4. The fourth-order valence-electron chi connectivity index (χ4n) is 4.21. The van der Waals surface area contributed by atoms with Crippen LogP contribution in [0.25, 0.3) is 0 Å². The van der Waals surface area contributed by atoms with Crippen molar-refractivity contribution in [3.8, 4) is 0 Å². The van der Waals surface area contributed by atoms with E-state index in [-0.39, 0.29) is 18.8 Å². The fourth-order valence-corrected chi connectivity index (χ4v) is 4.21. The number of aliphatic hydroxyl groups is 1. The molecule has 1 amide bonds. The lowest BCUT2D eigenvalue weighted by Gasteiger charge is -2.16. The summed E-state index contributed by atoms with van der Waals surface area (Å²) in [6.45, 7) is 5.01. The summed E-state index contributed by atoms with van der Waals surface area (Å²) < 4.78 is 5.63. The molecule has 170 valence electrons. The minimum Gasteiger partial charge on any atom is -0.446 e. The topological polar surface area (TPSA) is 112 Å². The van der Waals surface area contributed by atoms with Crippen LogP contribution in [0.5, 0.6) is 0 Å². The van der Waals surface area contributed by atoms with E-state index in [0.717, 1.165) is 43.5 Å². The average Bonchev–Trinajstić information content (AvgIpc) is 3.43. The summed E-state index contributed by atoms with van der Waals surface area (Å²) in [5, 5.41) is 22.6. The normalized spacial score (nSPS) is 19.2. The van der Waals surface area contributed by atoms with Crippen LogP contribution >= 0.6 is 0 Å². The van der Waals surface area contributed by atoms with Gasteiger partial charge >= 0.3 is 6.09 Å². The maximum absolute atomic E-state index is 12.1. The third-order valence-corrected chi connectivity index (χ3v) is 6.05. The highest BCUT2D eigenvalue weighted by Gasteiger charge is 2.30. The summed E-state index contributed by atoms with van der Waals surface area (Å²) in [5.41, 5.74) is 2.48. The molecule has 31 heavy (non-hydrogen) atoms. The van der Waals surface area contributed by atoms with Crippen LogP contribution in [0.3, 0.4) is 0 Å². The van der Waals surface area contributed by atoms with Gasteiger partial charge in [0.05, 0.1) is 24.2 Å². The molecular weight excluding hydrogens is 394 g/mol. The van der Waals surface area contributed by atoms with E-state index in [1.165, 1.54) is 12.8 Å². The van der Waals surface area contributed by atoms with Gasteiger partial charge in [-0.1, -0.05) is 33.1 Å². The van der Waals surface area contributed by atoms with Crippen LogP contribution in [-0.4, -0.2) is 39.0 Å². The third-order valence-electron chi connectivity index (χ3n) is 6.05. The monoisotopic (exact) mass is 429 g/mol. The van der Waals surface area contributed by atoms with Crippen LogP contribution < -0.4 is 10.6 Å². The van der Waals surface area contributed by atoms with E-state index in [9.17, 15) is 4.79 Å². The van der Waals surface area contributed by atoms with Gasteiger partial charge < -0.3 is 20.5 Å². The fraction of sp³-hybridized carbons (Fsp3) is 0.609. The molecule has 2 heterocycles. The van der Waals surface area contributed by atoms with Crippen LogP contribution in [0.4, 0.5) is 16.3 Å². The minimum absolute atomic E-state index is 0.0578. The number of rotatable bonds is 11. The summed E-state index contributed by atoms with van der Waals surface area (Å²) in [6.07, 6.45) is 8.49. The van der Waals surface area contributed by atoms with Gasteiger partial charge in [-0.25, -0.2) is 4.79 Å². The number of carbonyl (C=O) groups is 1. The van der Waals surface area contributed by atoms with E-state index < -0.39 is 0 Å². The van der Waals surface area contributed by atoms with Crippen molar-refractivity contribution in [3.05, 3.63) is 35.8 Å². The van der Waals surface area contributed by atoms with Gasteiger partial charge in [-0.3, -0.25) is 10.1 Å². The van der Waals surface area contributed by atoms with Crippen LogP contribution in [0.15, 0.2) is 24.4 Å². The van der Waals surface area contributed by atoms with Crippen molar-refractivity contribution in [2.45, 2.75) is 77.4 Å². The number of aromatic nitrogens is 3. The van der Waals surface area contributed by atoms with E-state index in [0.29, 0.717) is 29.9 Å². The smallest absolute Gasteiger partial charge is 0.407 e. The molecule has 0 radical (unpaired) electrons. The molecule has 8 heteroatoms. The number of aromatic amines is 1. The molecule has 2 aromatic heterocycles. The Morgan fingerprint density at radius 1 is 1.32 bits per heavy atom. The molecule has 1 aliphatic carbocycles. The predicted molar refractivity (Wildman–Crippen MR) is 120 cm³/mol. The van der Waals surface area contributed by atoms with Gasteiger partial charge in [0.2, 0.25) is 0 Å². The van der Waals surface area contributed by atoms with Crippen molar-refractivity contribution in [1.29, 1.82) is 0 Å². The Morgan fingerprint density at radius 2 is 2.19 bits per heavy atom. The summed E-state index contributed by atoms with van der Waals surface area (Å²) >= 11 is 0. The third kappa shape index (κ3) is 6.95. The molecule has 8 nitrogen and oxygen atoms in total. The Balaban J connectivity index is 1.41. The van der Waals surface area contributed by atoms with Crippen molar-refractivity contribution >= 4 is 17.6 Å². The molecule has 0 spiro atoms. The number of pyridine rings is 1. The lowest BCUT2D eigenvalue weighted by molar-refractivity contribution is 0.0996. The first-order chi connectivity index (χ1) is 15.1. The number of aliphatic hydroxyl groups excluding tert-OH is 1. The Labute approximate surface area is 184 Å². The van der Waals surface area contributed by atoms with Crippen LogP contribution in [0.1, 0.15) is 76.1 Å². The highest BCUT2D eigenvalue weighted by atomic mass is 16.6. The first kappa shape index (κ1) is 23.1. The summed E-state index contributed by atoms with van der Waals surface area (Å²) in [4.78, 5) is 16.3. The van der Waals surface area contributed by atoms with Gasteiger partial charge in [-0.2, -0.15) is 5.10 Å². The first-order valence-electron chi connectivity index (χ1n) is 11.4. The summed E-state index contributed by atoms with van der Waals surface area (Å²) in [6, 6.07) is 5.62. The van der Waals surface area contributed by atoms with E-state index >= 15 is 0 Å². The molecule has 1 aliphatic rings. The molecule has 0 aromatic carbocycles. The highest BCUT2D eigenvalue weighted by molar-refractivity contribution is 5.67. The standard InChI is InChI=1S/C23H35N5O3/c1-3-5-16(4-2)10-11-24-23(30)31-20-9-6-17(12-20)21-13-22(28-27-21)26-18-7-8-19(15-29)25-14-18/h7-8,13-14,16-17,20,29H,3-6,9-12,15H2,1-2H3,(H,24,30)(H2,26,27,28). The number of ether oxygens (including phenoxy) is 1. The maximum atomic E-state index is 12.1. The Hall–Kier alpha value is -2.61. The van der Waals surface area contributed by atoms with Crippen LogP contribution in [0.2, 0.25) is 0 Å². The van der Waals surface area contributed by atoms with Gasteiger partial charge in [-0.15, -0.1) is 0 Å². The molecule has 2 aromatic rings. The number of alkyl carbamates (subject to hydrolysis) is 1. The van der Waals surface area contributed by atoms with Gasteiger partial charge in [-0.05, 0) is 43.7 Å². The Bertz CT molecular complexity index is 808. The second kappa shape index (κ2) is 11.7. The van der Waals surface area contributed by atoms with Crippen LogP contribution in [-0.2, 0) is 11.3 Å². The zero-order chi connectivity index (χ0) is 22.1. The number of nitrogens with one attached hydrogen (secondary N) is 3. The zero-order valence-electron chi connectivity index (χ0n) is 18.6. The second-order valence-corrected chi connectivity index (χ2v) is 8.35. The number of hydrogen-bond acceptors (Lipinski definition) is 6. The minimum atomic E-state index is -0.303. The summed E-state index contributed by atoms with van der Waals surface area (Å²) in [7, 11) is 0. The number of amides is 1. The van der Waals surface area contributed by atoms with Gasteiger partial charge in [0.15, 0.2) is 5.82 Å². The van der Waals surface area contributed by atoms with Gasteiger partial charge in [0, 0.05) is 24.2 Å². The number of carbonyl (C=O) groups excluding carboxylic acids is 1. The number of anilines is 2. The van der Waals surface area contributed by atoms with Gasteiger partial charge in [0.25, 0.3) is 0 Å². The van der Waals surface area contributed by atoms with Crippen molar-refractivity contribution in [2.75, 3.05) is 11.9 Å². The van der Waals surface area contributed by atoms with Crippen molar-refractivity contribution in [1.82, 2.24) is 20.5 Å². The summed E-state index contributed by atoms with van der Waals surface area (Å²) in [5.74, 6) is 1.69. The van der Waals surface area contributed by atoms with E-state index in [1.54, 1.807) is 12.3 Å². The SMILES string of the molecule is CCCC(CC)CCNC(=O)OC1CCC(c2cc(Nc3ccc(CO)nc3)n[nH]2)C1. The quantitative estimate of drug-likeness (QED) is 0.415. The van der Waals surface area contributed by atoms with E-state index in [1.807, 2.05) is 12.1 Å². The highest BCUT2D eigenvalue weighted by Crippen LogP contribution is 2.36. The molecule has 3 atom stereocenters. The lowest BCUT2D eigenvalue weighted by atomic mass is 9.97. The maximum Gasteiger partial charge on any atom is 0.407 e. The van der Waals surface area contributed by atoms with Crippen molar-refractivity contribution in [3.63, 3.8) is 0 Å². The van der Waals surface area contributed by atoms with E-state index in [4.69, 9.17) is 9.84 Å². The molecule has 3 unspecified atom stereocenters. The molecule has 1 saturated carbocycles.